The fourth-order valence-corrected chi connectivity index (χ4v) is 1.95. The Labute approximate surface area is 133 Å². The lowest BCUT2D eigenvalue weighted by Gasteiger charge is -1.99. The van der Waals surface area contributed by atoms with Gasteiger partial charge in [-0.25, -0.2) is 0 Å². The predicted molar refractivity (Wildman–Crippen MR) is 93.8 cm³/mol. The van der Waals surface area contributed by atoms with Crippen LogP contribution in [-0.4, -0.2) is 11.1 Å². The Hall–Kier alpha value is -0.790. The second-order valence-electron chi connectivity index (χ2n) is 5.62. The molecule has 0 aliphatic heterocycles. The lowest BCUT2D eigenvalue weighted by atomic mass is 10.1. The summed E-state index contributed by atoms with van der Waals surface area (Å²) in [7, 11) is 0. The molecule has 2 nitrogen and oxygen atoms in total. The maximum absolute atomic E-state index is 9.37. The Bertz CT molecular complexity index is 222. The first-order valence-electron chi connectivity index (χ1n) is 9.05. The normalized spacial score (nSPS) is 10.4. The Balaban J connectivity index is 0. The van der Waals surface area contributed by atoms with Crippen LogP contribution in [0, 0.1) is 0 Å². The first-order valence-corrected chi connectivity index (χ1v) is 9.05. The topological polar surface area (TPSA) is 37.3 Å². The molecule has 0 radical (unpaired) electrons. The maximum Gasteiger partial charge on any atom is 0.303 e. The second-order valence-corrected chi connectivity index (χ2v) is 5.62. The number of aliphatic carboxylic acids is 1. The zero-order chi connectivity index (χ0) is 16.2. The highest BCUT2D eigenvalue weighted by molar-refractivity contribution is 5.66. The number of carboxylic acid groups (broad SMARTS) is 1. The molecule has 0 spiro atoms. The smallest absolute Gasteiger partial charge is 0.303 e. The molecule has 0 unspecified atom stereocenters. The third kappa shape index (κ3) is 28.2. The highest BCUT2D eigenvalue weighted by Gasteiger charge is 1.90. The zero-order valence-electron chi connectivity index (χ0n) is 14.7. The van der Waals surface area contributed by atoms with Gasteiger partial charge >= 0.3 is 5.97 Å². The van der Waals surface area contributed by atoms with E-state index in [1.807, 2.05) is 0 Å². The summed E-state index contributed by atoms with van der Waals surface area (Å²) in [4.78, 5) is 9.37. The molecule has 0 heterocycles. The second kappa shape index (κ2) is 21.5. The Morgan fingerprint density at radius 2 is 1.10 bits per heavy atom. The van der Waals surface area contributed by atoms with E-state index < -0.39 is 5.97 Å². The van der Waals surface area contributed by atoms with Crippen molar-refractivity contribution in [3.8, 4) is 0 Å². The summed E-state index contributed by atoms with van der Waals surface area (Å²) < 4.78 is 0. The van der Waals surface area contributed by atoms with Gasteiger partial charge in [-0.2, -0.15) is 0 Å². The van der Waals surface area contributed by atoms with E-state index in [2.05, 4.69) is 26.0 Å². The molecule has 0 aromatic rings. The molecular weight excluding hydrogens is 260 g/mol. The summed E-state index contributed by atoms with van der Waals surface area (Å²) in [6.07, 6.45) is 21.7. The van der Waals surface area contributed by atoms with Crippen molar-refractivity contribution >= 4 is 5.97 Å². The van der Waals surface area contributed by atoms with Gasteiger partial charge in [0.15, 0.2) is 0 Å². The number of rotatable bonds is 13. The van der Waals surface area contributed by atoms with Crippen molar-refractivity contribution in [1.29, 1.82) is 0 Å². The van der Waals surface area contributed by atoms with Crippen LogP contribution in [0.15, 0.2) is 12.2 Å². The molecule has 0 saturated heterocycles. The third-order valence-electron chi connectivity index (χ3n) is 3.42. The van der Waals surface area contributed by atoms with Gasteiger partial charge in [-0.05, 0) is 19.3 Å². The number of allylic oxidation sites excluding steroid dienone is 2. The van der Waals surface area contributed by atoms with Crippen LogP contribution < -0.4 is 0 Å². The number of unbranched alkanes of at least 4 members (excludes halogenated alkanes) is 10. The van der Waals surface area contributed by atoms with E-state index in [-0.39, 0.29) is 6.42 Å². The predicted octanol–water partition coefficient (Wildman–Crippen LogP) is 6.74. The molecule has 0 atom stereocenters. The van der Waals surface area contributed by atoms with Crippen LogP contribution in [0.4, 0.5) is 0 Å². The molecular formula is C19H38O2. The minimum absolute atomic E-state index is 0.222. The number of carbonyl (C=O) groups is 1. The lowest BCUT2D eigenvalue weighted by molar-refractivity contribution is -0.136. The molecule has 0 saturated carbocycles. The highest BCUT2D eigenvalue weighted by atomic mass is 16.4. The van der Waals surface area contributed by atoms with Crippen molar-refractivity contribution in [2.24, 2.45) is 0 Å². The molecule has 0 aromatic heterocycles. The van der Waals surface area contributed by atoms with Crippen LogP contribution in [0.5, 0.6) is 0 Å². The van der Waals surface area contributed by atoms with E-state index in [0.29, 0.717) is 0 Å². The first kappa shape index (κ1) is 22.5. The largest absolute Gasteiger partial charge is 0.481 e. The molecule has 0 amide bonds. The minimum Gasteiger partial charge on any atom is -0.481 e. The highest BCUT2D eigenvalue weighted by Crippen LogP contribution is 2.09. The fraction of sp³-hybridized carbons (Fsp3) is 0.842. The Morgan fingerprint density at radius 3 is 1.52 bits per heavy atom. The van der Waals surface area contributed by atoms with Crippen LogP contribution in [0.2, 0.25) is 0 Å². The summed E-state index contributed by atoms with van der Waals surface area (Å²) in [5.74, 6) is -0.745. The van der Waals surface area contributed by atoms with Crippen LogP contribution in [0.3, 0.4) is 0 Å². The van der Waals surface area contributed by atoms with Crippen LogP contribution in [0.25, 0.3) is 0 Å². The summed E-state index contributed by atoms with van der Waals surface area (Å²) in [6, 6.07) is 0. The van der Waals surface area contributed by atoms with Gasteiger partial charge in [0.05, 0.1) is 0 Å². The van der Waals surface area contributed by atoms with Gasteiger partial charge in [0.1, 0.15) is 0 Å². The van der Waals surface area contributed by atoms with E-state index in [9.17, 15) is 4.79 Å². The molecule has 0 fully saturated rings. The lowest BCUT2D eigenvalue weighted by Crippen LogP contribution is -1.86. The van der Waals surface area contributed by atoms with Crippen molar-refractivity contribution in [2.75, 3.05) is 0 Å². The molecule has 0 aromatic carbocycles. The third-order valence-corrected chi connectivity index (χ3v) is 3.42. The van der Waals surface area contributed by atoms with Gasteiger partial charge < -0.3 is 5.11 Å². The van der Waals surface area contributed by atoms with E-state index in [1.165, 1.54) is 77.0 Å². The summed E-state index contributed by atoms with van der Waals surface area (Å²) in [5.41, 5.74) is 0. The SMILES string of the molecule is CCC(=O)O.CCCC/C=C\CCCCCCCCCC. The van der Waals surface area contributed by atoms with Crippen LogP contribution >= 0.6 is 0 Å². The average Bonchev–Trinajstić information content (AvgIpc) is 2.49. The number of hydrogen-bond acceptors (Lipinski definition) is 1. The maximum atomic E-state index is 9.37. The van der Waals surface area contributed by atoms with Crippen molar-refractivity contribution in [2.45, 2.75) is 104 Å². The average molecular weight is 299 g/mol. The molecule has 0 bridgehead atoms. The van der Waals surface area contributed by atoms with E-state index in [4.69, 9.17) is 5.11 Å². The Morgan fingerprint density at radius 1 is 0.714 bits per heavy atom. The molecule has 126 valence electrons. The summed E-state index contributed by atoms with van der Waals surface area (Å²) in [6.45, 7) is 6.14. The van der Waals surface area contributed by atoms with Crippen LogP contribution in [-0.2, 0) is 4.79 Å². The molecule has 0 rings (SSSR count). The van der Waals surface area contributed by atoms with Crippen molar-refractivity contribution in [3.05, 3.63) is 12.2 Å². The van der Waals surface area contributed by atoms with E-state index in [0.717, 1.165) is 0 Å². The van der Waals surface area contributed by atoms with Crippen molar-refractivity contribution < 1.29 is 9.90 Å². The van der Waals surface area contributed by atoms with Gasteiger partial charge in [0.2, 0.25) is 0 Å². The quantitative estimate of drug-likeness (QED) is 0.302. The monoisotopic (exact) mass is 298 g/mol. The number of hydrogen-bond donors (Lipinski definition) is 1. The minimum atomic E-state index is -0.745. The van der Waals surface area contributed by atoms with Gasteiger partial charge in [0, 0.05) is 6.42 Å². The molecule has 21 heavy (non-hydrogen) atoms. The molecule has 0 aliphatic carbocycles. The van der Waals surface area contributed by atoms with Gasteiger partial charge in [0.25, 0.3) is 0 Å². The summed E-state index contributed by atoms with van der Waals surface area (Å²) in [5, 5.41) is 7.72. The van der Waals surface area contributed by atoms with Crippen LogP contribution in [0.1, 0.15) is 104 Å². The van der Waals surface area contributed by atoms with Gasteiger partial charge in [-0.1, -0.05) is 90.7 Å². The molecule has 2 heteroatoms. The van der Waals surface area contributed by atoms with Crippen molar-refractivity contribution in [1.82, 2.24) is 0 Å². The standard InChI is InChI=1S/C16H32.C3H6O2/c1-3-5-7-9-11-13-15-16-14-12-10-8-6-4-2;1-2-3(4)5/h9,11H,3-8,10,12-16H2,1-2H3;2H2,1H3,(H,4,5)/b11-9-;. The van der Waals surface area contributed by atoms with E-state index in [1.54, 1.807) is 6.92 Å². The molecule has 1 N–H and O–H groups in total. The molecule has 0 aliphatic rings. The first-order chi connectivity index (χ1) is 10.2. The van der Waals surface area contributed by atoms with Gasteiger partial charge in [-0.15, -0.1) is 0 Å². The Kier molecular flexibility index (Phi) is 23.0. The number of carboxylic acids is 1. The van der Waals surface area contributed by atoms with Gasteiger partial charge in [-0.3, -0.25) is 4.79 Å². The fourth-order valence-electron chi connectivity index (χ4n) is 1.95. The van der Waals surface area contributed by atoms with Crippen molar-refractivity contribution in [3.63, 3.8) is 0 Å². The zero-order valence-corrected chi connectivity index (χ0v) is 14.7. The van der Waals surface area contributed by atoms with E-state index >= 15 is 0 Å². The summed E-state index contributed by atoms with van der Waals surface area (Å²) >= 11 is 0.